The summed E-state index contributed by atoms with van der Waals surface area (Å²) in [6.45, 7) is 2.67. The predicted molar refractivity (Wildman–Crippen MR) is 80.3 cm³/mol. The fourth-order valence-corrected chi connectivity index (χ4v) is 3.27. The number of aromatic nitrogens is 1. The van der Waals surface area contributed by atoms with E-state index < -0.39 is 0 Å². The van der Waals surface area contributed by atoms with Crippen LogP contribution in [0.15, 0.2) is 22.8 Å². The van der Waals surface area contributed by atoms with E-state index in [4.69, 9.17) is 9.52 Å². The van der Waals surface area contributed by atoms with Crippen molar-refractivity contribution >= 4 is 17.2 Å². The molecule has 6 heteroatoms. The van der Waals surface area contributed by atoms with Crippen LogP contribution >= 0.6 is 11.3 Å². The monoisotopic (exact) mass is 306 g/mol. The highest BCUT2D eigenvalue weighted by Crippen LogP contribution is 2.47. The van der Waals surface area contributed by atoms with Crippen LogP contribution in [0.3, 0.4) is 0 Å². The molecular weight excluding hydrogens is 288 g/mol. The molecule has 0 aromatic carbocycles. The van der Waals surface area contributed by atoms with E-state index >= 15 is 0 Å². The average Bonchev–Trinajstić information content (AvgIpc) is 2.91. The lowest BCUT2D eigenvalue weighted by Crippen LogP contribution is -2.31. The zero-order valence-corrected chi connectivity index (χ0v) is 12.7. The van der Waals surface area contributed by atoms with Crippen LogP contribution in [0, 0.1) is 12.3 Å². The molecule has 5 nitrogen and oxygen atoms in total. The highest BCUT2D eigenvalue weighted by Gasteiger charge is 2.42. The maximum absolute atomic E-state index is 12.3. The van der Waals surface area contributed by atoms with Gasteiger partial charge in [0.05, 0.1) is 6.26 Å². The van der Waals surface area contributed by atoms with Gasteiger partial charge in [-0.15, -0.1) is 11.3 Å². The third-order valence-electron chi connectivity index (χ3n) is 3.97. The van der Waals surface area contributed by atoms with Crippen LogP contribution in [-0.4, -0.2) is 29.1 Å². The van der Waals surface area contributed by atoms with E-state index in [2.05, 4.69) is 10.3 Å². The first kappa shape index (κ1) is 14.3. The summed E-state index contributed by atoms with van der Waals surface area (Å²) in [6.07, 6.45) is 4.49. The van der Waals surface area contributed by atoms with Crippen LogP contribution in [0.1, 0.15) is 34.6 Å². The Morgan fingerprint density at radius 1 is 1.57 bits per heavy atom. The summed E-state index contributed by atoms with van der Waals surface area (Å²) in [5.41, 5.74) is 0.573. The number of carbonyl (C=O) groups excluding carboxylic acids is 1. The standard InChI is InChI=1S/C15H18N2O3S/c1-10-12(17-14(21-10)11-3-2-8-20-11)13(19)16-9-15(4-5-15)6-7-18/h2-3,8,18H,4-7,9H2,1H3,(H,16,19). The van der Waals surface area contributed by atoms with Crippen LogP contribution in [0.2, 0.25) is 0 Å². The van der Waals surface area contributed by atoms with Crippen LogP contribution in [0.4, 0.5) is 0 Å². The number of aryl methyl sites for hydroxylation is 1. The van der Waals surface area contributed by atoms with Crippen LogP contribution < -0.4 is 5.32 Å². The van der Waals surface area contributed by atoms with Gasteiger partial charge in [-0.2, -0.15) is 0 Å². The molecule has 2 heterocycles. The van der Waals surface area contributed by atoms with Gasteiger partial charge in [0.1, 0.15) is 5.69 Å². The molecular formula is C15H18N2O3S. The van der Waals surface area contributed by atoms with E-state index in [1.807, 2.05) is 13.0 Å². The fraction of sp³-hybridized carbons (Fsp3) is 0.467. The number of furan rings is 1. The highest BCUT2D eigenvalue weighted by atomic mass is 32.1. The molecule has 112 valence electrons. The topological polar surface area (TPSA) is 75.4 Å². The minimum atomic E-state index is -0.147. The molecule has 2 N–H and O–H groups in total. The number of rotatable bonds is 6. The Balaban J connectivity index is 1.68. The normalized spacial score (nSPS) is 15.9. The molecule has 1 saturated carbocycles. The van der Waals surface area contributed by atoms with Gasteiger partial charge in [0, 0.05) is 18.0 Å². The van der Waals surface area contributed by atoms with Crippen molar-refractivity contribution in [3.8, 4) is 10.8 Å². The van der Waals surface area contributed by atoms with E-state index in [0.29, 0.717) is 18.0 Å². The number of amides is 1. The molecule has 1 amide bonds. The van der Waals surface area contributed by atoms with Gasteiger partial charge in [-0.1, -0.05) is 0 Å². The summed E-state index contributed by atoms with van der Waals surface area (Å²) in [4.78, 5) is 17.5. The fourth-order valence-electron chi connectivity index (χ4n) is 2.39. The zero-order chi connectivity index (χ0) is 14.9. The lowest BCUT2D eigenvalue weighted by molar-refractivity contribution is 0.0936. The summed E-state index contributed by atoms with van der Waals surface area (Å²) in [7, 11) is 0. The van der Waals surface area contributed by atoms with E-state index in [0.717, 1.165) is 29.1 Å². The lowest BCUT2D eigenvalue weighted by Gasteiger charge is -2.13. The first-order valence-electron chi connectivity index (χ1n) is 7.04. The van der Waals surface area contributed by atoms with Crippen LogP contribution in [0.25, 0.3) is 10.8 Å². The van der Waals surface area contributed by atoms with Gasteiger partial charge < -0.3 is 14.8 Å². The summed E-state index contributed by atoms with van der Waals surface area (Å²) in [5, 5.41) is 12.7. The van der Waals surface area contributed by atoms with Crippen molar-refractivity contribution in [1.29, 1.82) is 0 Å². The second-order valence-electron chi connectivity index (χ2n) is 5.56. The third kappa shape index (κ3) is 3.01. The van der Waals surface area contributed by atoms with Crippen LogP contribution in [-0.2, 0) is 0 Å². The minimum absolute atomic E-state index is 0.109. The van der Waals surface area contributed by atoms with Crippen molar-refractivity contribution in [3.63, 3.8) is 0 Å². The minimum Gasteiger partial charge on any atom is -0.462 e. The molecule has 1 aliphatic rings. The number of aliphatic hydroxyl groups is 1. The molecule has 1 aliphatic carbocycles. The average molecular weight is 306 g/mol. The second-order valence-corrected chi connectivity index (χ2v) is 6.76. The molecule has 3 rings (SSSR count). The molecule has 0 spiro atoms. The predicted octanol–water partition coefficient (Wildman–Crippen LogP) is 2.60. The molecule has 0 saturated heterocycles. The maximum Gasteiger partial charge on any atom is 0.271 e. The third-order valence-corrected chi connectivity index (χ3v) is 4.95. The first-order chi connectivity index (χ1) is 10.1. The van der Waals surface area contributed by atoms with Gasteiger partial charge in [0.25, 0.3) is 5.91 Å². The Bertz CT molecular complexity index is 629. The molecule has 0 atom stereocenters. The smallest absolute Gasteiger partial charge is 0.271 e. The number of thiazole rings is 1. The second kappa shape index (κ2) is 5.61. The van der Waals surface area contributed by atoms with E-state index in [-0.39, 0.29) is 17.9 Å². The molecule has 2 aromatic heterocycles. The van der Waals surface area contributed by atoms with E-state index in [1.54, 1.807) is 12.3 Å². The van der Waals surface area contributed by atoms with Gasteiger partial charge in [-0.05, 0) is 43.7 Å². The lowest BCUT2D eigenvalue weighted by atomic mass is 10.0. The summed E-state index contributed by atoms with van der Waals surface area (Å²) >= 11 is 1.45. The first-order valence-corrected chi connectivity index (χ1v) is 7.86. The SMILES string of the molecule is Cc1sc(-c2ccco2)nc1C(=O)NCC1(CCO)CC1. The van der Waals surface area contributed by atoms with Gasteiger partial charge in [-0.25, -0.2) is 4.98 Å². The van der Waals surface area contributed by atoms with Gasteiger partial charge in [0.15, 0.2) is 10.8 Å². The summed E-state index contributed by atoms with van der Waals surface area (Å²) in [6, 6.07) is 3.64. The Morgan fingerprint density at radius 3 is 3.00 bits per heavy atom. The van der Waals surface area contributed by atoms with E-state index in [9.17, 15) is 4.79 Å². The van der Waals surface area contributed by atoms with Crippen LogP contribution in [0.5, 0.6) is 0 Å². The molecule has 2 aromatic rings. The molecule has 0 unspecified atom stereocenters. The Hall–Kier alpha value is -1.66. The van der Waals surface area contributed by atoms with Crippen molar-refractivity contribution in [3.05, 3.63) is 29.0 Å². The van der Waals surface area contributed by atoms with Gasteiger partial charge in [0.2, 0.25) is 0 Å². The van der Waals surface area contributed by atoms with Crippen molar-refractivity contribution in [2.45, 2.75) is 26.2 Å². The summed E-state index contributed by atoms with van der Waals surface area (Å²) in [5.74, 6) is 0.534. The molecule has 1 fully saturated rings. The largest absolute Gasteiger partial charge is 0.462 e. The Kier molecular flexibility index (Phi) is 3.82. The van der Waals surface area contributed by atoms with Gasteiger partial charge in [-0.3, -0.25) is 4.79 Å². The Morgan fingerprint density at radius 2 is 2.38 bits per heavy atom. The van der Waals surface area contributed by atoms with Crippen molar-refractivity contribution < 1.29 is 14.3 Å². The summed E-state index contributed by atoms with van der Waals surface area (Å²) < 4.78 is 5.31. The van der Waals surface area contributed by atoms with Crippen molar-refractivity contribution in [2.75, 3.05) is 13.2 Å². The molecule has 0 bridgehead atoms. The highest BCUT2D eigenvalue weighted by molar-refractivity contribution is 7.15. The maximum atomic E-state index is 12.3. The molecule has 0 radical (unpaired) electrons. The number of nitrogens with zero attached hydrogens (tertiary/aromatic N) is 1. The number of hydrogen-bond donors (Lipinski definition) is 2. The Labute approximate surface area is 127 Å². The number of nitrogens with one attached hydrogen (secondary N) is 1. The molecule has 21 heavy (non-hydrogen) atoms. The quantitative estimate of drug-likeness (QED) is 0.860. The van der Waals surface area contributed by atoms with Crippen molar-refractivity contribution in [1.82, 2.24) is 10.3 Å². The number of hydrogen-bond acceptors (Lipinski definition) is 5. The number of carbonyl (C=O) groups is 1. The molecule has 0 aliphatic heterocycles. The van der Waals surface area contributed by atoms with E-state index in [1.165, 1.54) is 11.3 Å². The van der Waals surface area contributed by atoms with Gasteiger partial charge >= 0.3 is 0 Å². The number of aliphatic hydroxyl groups excluding tert-OH is 1. The van der Waals surface area contributed by atoms with Crippen molar-refractivity contribution in [2.24, 2.45) is 5.41 Å². The zero-order valence-electron chi connectivity index (χ0n) is 11.9.